The molecule has 0 amide bonds. The maximum absolute atomic E-state index is 6.19. The Morgan fingerprint density at radius 3 is 3.14 bits per heavy atom. The van der Waals surface area contributed by atoms with Crippen molar-refractivity contribution in [2.75, 3.05) is 5.75 Å². The van der Waals surface area contributed by atoms with Crippen molar-refractivity contribution < 1.29 is 0 Å². The summed E-state index contributed by atoms with van der Waals surface area (Å²) >= 11 is 8.09. The molecule has 1 aliphatic rings. The van der Waals surface area contributed by atoms with E-state index in [4.69, 9.17) is 17.3 Å². The normalized spacial score (nSPS) is 22.1. The first-order valence-corrected chi connectivity index (χ1v) is 6.21. The Bertz CT molecular complexity index is 338. The highest BCUT2D eigenvalue weighted by molar-refractivity contribution is 7.99. The number of thioether (sulfide) groups is 1. The smallest absolute Gasteiger partial charge is 0.0452 e. The van der Waals surface area contributed by atoms with Crippen molar-refractivity contribution in [3.8, 4) is 0 Å². The van der Waals surface area contributed by atoms with E-state index >= 15 is 0 Å². The lowest BCUT2D eigenvalue weighted by atomic mass is 9.95. The van der Waals surface area contributed by atoms with Crippen molar-refractivity contribution in [2.24, 2.45) is 5.73 Å². The molecule has 0 bridgehead atoms. The van der Waals surface area contributed by atoms with Gasteiger partial charge in [-0.2, -0.15) is 0 Å². The van der Waals surface area contributed by atoms with Gasteiger partial charge in [0.25, 0.3) is 0 Å². The van der Waals surface area contributed by atoms with E-state index in [-0.39, 0.29) is 6.04 Å². The summed E-state index contributed by atoms with van der Waals surface area (Å²) in [5, 5.41) is 0.901. The molecule has 0 aromatic heterocycles. The summed E-state index contributed by atoms with van der Waals surface area (Å²) in [5.74, 6) is 1.67. The van der Waals surface area contributed by atoms with Crippen molar-refractivity contribution in [1.82, 2.24) is 0 Å². The lowest BCUT2D eigenvalue weighted by molar-refractivity contribution is 0.593. The third-order valence-corrected chi connectivity index (χ3v) is 4.08. The Morgan fingerprint density at radius 1 is 1.64 bits per heavy atom. The zero-order valence-corrected chi connectivity index (χ0v) is 9.74. The zero-order valence-electron chi connectivity index (χ0n) is 8.16. The molecule has 2 N–H and O–H groups in total. The molecule has 14 heavy (non-hydrogen) atoms. The number of benzene rings is 1. The van der Waals surface area contributed by atoms with Gasteiger partial charge in [-0.3, -0.25) is 0 Å². The van der Waals surface area contributed by atoms with Gasteiger partial charge in [0, 0.05) is 21.7 Å². The average Bonchev–Trinajstić information content (AvgIpc) is 2.49. The molecule has 0 radical (unpaired) electrons. The quantitative estimate of drug-likeness (QED) is 0.840. The summed E-state index contributed by atoms with van der Waals surface area (Å²) in [4.78, 5) is 1.34. The van der Waals surface area contributed by atoms with Crippen molar-refractivity contribution in [2.45, 2.75) is 30.2 Å². The zero-order chi connectivity index (χ0) is 10.1. The second-order valence-corrected chi connectivity index (χ2v) is 5.34. The highest BCUT2D eigenvalue weighted by Crippen LogP contribution is 2.44. The molecule has 0 fully saturated rings. The van der Waals surface area contributed by atoms with E-state index in [1.807, 2.05) is 23.9 Å². The molecule has 1 aromatic carbocycles. The van der Waals surface area contributed by atoms with Crippen molar-refractivity contribution in [1.29, 1.82) is 0 Å². The van der Waals surface area contributed by atoms with Gasteiger partial charge in [-0.15, -0.1) is 11.8 Å². The predicted octanol–water partition coefficient (Wildman–Crippen LogP) is 3.27. The molecule has 1 nitrogen and oxygen atoms in total. The second-order valence-electron chi connectivity index (χ2n) is 3.87. The minimum Gasteiger partial charge on any atom is -0.328 e. The first kappa shape index (κ1) is 10.3. The van der Waals surface area contributed by atoms with Gasteiger partial charge < -0.3 is 5.73 Å². The maximum atomic E-state index is 6.19. The molecule has 0 spiro atoms. The molecular weight excluding hydrogens is 214 g/mol. The second kappa shape index (κ2) is 4.13. The molecule has 76 valence electrons. The standard InChI is InChI=1S/C11H14ClNS/c1-7(13)5-8-6-14-10-4-2-3-9(12)11(8)10/h2-4,7-8H,5-6,13H2,1H3. The van der Waals surface area contributed by atoms with E-state index in [0.717, 1.165) is 17.2 Å². The molecule has 2 rings (SSSR count). The fourth-order valence-electron chi connectivity index (χ4n) is 1.95. The summed E-state index contributed by atoms with van der Waals surface area (Å²) in [6.45, 7) is 2.06. The van der Waals surface area contributed by atoms with Gasteiger partial charge in [-0.05, 0) is 37.0 Å². The van der Waals surface area contributed by atoms with Crippen LogP contribution in [-0.2, 0) is 0 Å². The van der Waals surface area contributed by atoms with Crippen LogP contribution in [-0.4, -0.2) is 11.8 Å². The topological polar surface area (TPSA) is 26.0 Å². The first-order chi connectivity index (χ1) is 6.68. The Morgan fingerprint density at radius 2 is 2.43 bits per heavy atom. The van der Waals surface area contributed by atoms with Crippen LogP contribution in [0, 0.1) is 0 Å². The largest absolute Gasteiger partial charge is 0.328 e. The van der Waals surface area contributed by atoms with E-state index < -0.39 is 0 Å². The third-order valence-electron chi connectivity index (χ3n) is 2.52. The van der Waals surface area contributed by atoms with Crippen molar-refractivity contribution in [3.05, 3.63) is 28.8 Å². The minimum absolute atomic E-state index is 0.253. The van der Waals surface area contributed by atoms with Crippen molar-refractivity contribution in [3.63, 3.8) is 0 Å². The van der Waals surface area contributed by atoms with Crippen LogP contribution in [0.1, 0.15) is 24.8 Å². The molecule has 2 unspecified atom stereocenters. The van der Waals surface area contributed by atoms with E-state index in [2.05, 4.69) is 13.0 Å². The number of fused-ring (bicyclic) bond motifs is 1. The Labute approximate surface area is 94.0 Å². The van der Waals surface area contributed by atoms with Gasteiger partial charge in [-0.25, -0.2) is 0 Å². The van der Waals surface area contributed by atoms with Gasteiger partial charge >= 0.3 is 0 Å². The Kier molecular flexibility index (Phi) is 3.05. The predicted molar refractivity (Wildman–Crippen MR) is 63.2 cm³/mol. The number of hydrogen-bond acceptors (Lipinski definition) is 2. The summed E-state index contributed by atoms with van der Waals surface area (Å²) in [5.41, 5.74) is 7.14. The SMILES string of the molecule is CC(N)CC1CSc2cccc(Cl)c21. The number of halogens is 1. The van der Waals surface area contributed by atoms with Gasteiger partial charge in [0.1, 0.15) is 0 Å². The fraction of sp³-hybridized carbons (Fsp3) is 0.455. The third kappa shape index (κ3) is 1.92. The summed E-state index contributed by atoms with van der Waals surface area (Å²) in [6, 6.07) is 6.39. The van der Waals surface area contributed by atoms with Crippen LogP contribution in [0.2, 0.25) is 5.02 Å². The monoisotopic (exact) mass is 227 g/mol. The van der Waals surface area contributed by atoms with Crippen LogP contribution in [0.15, 0.2) is 23.1 Å². The van der Waals surface area contributed by atoms with Gasteiger partial charge in [0.05, 0.1) is 0 Å². The number of nitrogens with two attached hydrogens (primary N) is 1. The highest BCUT2D eigenvalue weighted by atomic mass is 35.5. The Hall–Kier alpha value is -0.180. The van der Waals surface area contributed by atoms with Crippen LogP contribution >= 0.6 is 23.4 Å². The molecule has 0 aliphatic carbocycles. The van der Waals surface area contributed by atoms with Gasteiger partial charge in [0.2, 0.25) is 0 Å². The van der Waals surface area contributed by atoms with Crippen LogP contribution in [0.4, 0.5) is 0 Å². The van der Waals surface area contributed by atoms with Gasteiger partial charge in [-0.1, -0.05) is 17.7 Å². The summed E-state index contributed by atoms with van der Waals surface area (Å²) in [6.07, 6.45) is 1.03. The van der Waals surface area contributed by atoms with E-state index in [1.165, 1.54) is 10.5 Å². The van der Waals surface area contributed by atoms with Crippen LogP contribution in [0.3, 0.4) is 0 Å². The lowest BCUT2D eigenvalue weighted by Crippen LogP contribution is -2.18. The van der Waals surface area contributed by atoms with Crippen molar-refractivity contribution >= 4 is 23.4 Å². The van der Waals surface area contributed by atoms with Gasteiger partial charge in [0.15, 0.2) is 0 Å². The maximum Gasteiger partial charge on any atom is 0.0452 e. The Balaban J connectivity index is 2.29. The lowest BCUT2D eigenvalue weighted by Gasteiger charge is -2.14. The molecule has 2 atom stereocenters. The molecule has 0 saturated carbocycles. The molecule has 1 aliphatic heterocycles. The van der Waals surface area contributed by atoms with E-state index in [9.17, 15) is 0 Å². The average molecular weight is 228 g/mol. The summed E-state index contributed by atoms with van der Waals surface area (Å²) in [7, 11) is 0. The molecular formula is C11H14ClNS. The van der Waals surface area contributed by atoms with E-state index in [1.54, 1.807) is 0 Å². The number of hydrogen-bond donors (Lipinski definition) is 1. The van der Waals surface area contributed by atoms with Crippen LogP contribution < -0.4 is 5.73 Å². The summed E-state index contributed by atoms with van der Waals surface area (Å²) < 4.78 is 0. The molecule has 3 heteroatoms. The van der Waals surface area contributed by atoms with Crippen LogP contribution in [0.25, 0.3) is 0 Å². The number of rotatable bonds is 2. The highest BCUT2D eigenvalue weighted by Gasteiger charge is 2.25. The minimum atomic E-state index is 0.253. The molecule has 0 saturated heterocycles. The van der Waals surface area contributed by atoms with Crippen LogP contribution in [0.5, 0.6) is 0 Å². The molecule has 1 aromatic rings. The molecule has 1 heterocycles. The van der Waals surface area contributed by atoms with E-state index in [0.29, 0.717) is 5.92 Å². The first-order valence-electron chi connectivity index (χ1n) is 4.85. The fourth-order valence-corrected chi connectivity index (χ4v) is 3.62.